The molecule has 4 aromatic rings. The maximum atomic E-state index is 15.8. The third-order valence-corrected chi connectivity index (χ3v) is 11.3. The van der Waals surface area contributed by atoms with Gasteiger partial charge in [-0.2, -0.15) is 8.75 Å². The van der Waals surface area contributed by atoms with Crippen LogP contribution in [-0.4, -0.2) is 8.75 Å². The molecule has 1 saturated carbocycles. The molecule has 0 unspecified atom stereocenters. The SMILES string of the molecule is CCCCCCc1cc(-c2c(F)c(F)c(-c3cc(C4CCCCC4)c(Br)s3)c3nsnc23)sc1Br. The first-order valence-electron chi connectivity index (χ1n) is 12.2. The Bertz CT molecular complexity index is 1340. The summed E-state index contributed by atoms with van der Waals surface area (Å²) in [6, 6.07) is 4.02. The van der Waals surface area contributed by atoms with E-state index in [-0.39, 0.29) is 11.1 Å². The van der Waals surface area contributed by atoms with Gasteiger partial charge in [0.05, 0.1) is 30.4 Å². The van der Waals surface area contributed by atoms with Crippen LogP contribution in [0.15, 0.2) is 19.7 Å². The van der Waals surface area contributed by atoms with Crippen LogP contribution in [0.5, 0.6) is 0 Å². The average molecular weight is 661 g/mol. The van der Waals surface area contributed by atoms with Gasteiger partial charge in [-0.15, -0.1) is 22.7 Å². The van der Waals surface area contributed by atoms with E-state index in [1.165, 1.54) is 66.8 Å². The highest BCUT2D eigenvalue weighted by atomic mass is 79.9. The Morgan fingerprint density at radius 2 is 1.49 bits per heavy atom. The smallest absolute Gasteiger partial charge is 0.170 e. The number of hydrogen-bond acceptors (Lipinski definition) is 5. The normalized spacial score (nSPS) is 14.9. The van der Waals surface area contributed by atoms with Gasteiger partial charge in [0.2, 0.25) is 0 Å². The second kappa shape index (κ2) is 11.3. The van der Waals surface area contributed by atoms with Gasteiger partial charge in [-0.1, -0.05) is 45.4 Å². The third-order valence-electron chi connectivity index (χ3n) is 6.90. The van der Waals surface area contributed by atoms with Gasteiger partial charge in [0.15, 0.2) is 11.6 Å². The van der Waals surface area contributed by atoms with E-state index in [1.54, 1.807) is 0 Å². The van der Waals surface area contributed by atoms with Crippen molar-refractivity contribution in [2.45, 2.75) is 77.0 Å². The van der Waals surface area contributed by atoms with Crippen LogP contribution in [-0.2, 0) is 6.42 Å². The molecule has 0 saturated heterocycles. The lowest BCUT2D eigenvalue weighted by atomic mass is 9.85. The molecule has 0 amide bonds. The van der Waals surface area contributed by atoms with Crippen molar-refractivity contribution >= 4 is 77.3 Å². The molecule has 3 heterocycles. The molecule has 0 spiro atoms. The zero-order chi connectivity index (χ0) is 24.5. The van der Waals surface area contributed by atoms with Crippen molar-refractivity contribution < 1.29 is 8.78 Å². The van der Waals surface area contributed by atoms with Crippen molar-refractivity contribution in [2.75, 3.05) is 0 Å². The lowest BCUT2D eigenvalue weighted by molar-refractivity contribution is 0.443. The number of unbranched alkanes of at least 4 members (excludes halogenated alkanes) is 3. The number of aromatic nitrogens is 2. The van der Waals surface area contributed by atoms with E-state index in [0.717, 1.165) is 50.5 Å². The molecular formula is C26H26Br2F2N2S3. The van der Waals surface area contributed by atoms with Gasteiger partial charge in [0, 0.05) is 9.75 Å². The third kappa shape index (κ3) is 5.17. The van der Waals surface area contributed by atoms with Gasteiger partial charge in [-0.25, -0.2) is 8.78 Å². The number of benzene rings is 1. The number of aryl methyl sites for hydroxylation is 1. The monoisotopic (exact) mass is 658 g/mol. The van der Waals surface area contributed by atoms with Gasteiger partial charge >= 0.3 is 0 Å². The first-order valence-corrected chi connectivity index (χ1v) is 16.2. The minimum atomic E-state index is -0.838. The topological polar surface area (TPSA) is 25.8 Å². The summed E-state index contributed by atoms with van der Waals surface area (Å²) in [6.45, 7) is 2.19. The van der Waals surface area contributed by atoms with Crippen LogP contribution in [0.3, 0.4) is 0 Å². The quantitative estimate of drug-likeness (QED) is 0.176. The first kappa shape index (κ1) is 25.9. The summed E-state index contributed by atoms with van der Waals surface area (Å²) >= 11 is 11.3. The fourth-order valence-electron chi connectivity index (χ4n) is 5.03. The van der Waals surface area contributed by atoms with Crippen LogP contribution in [0.2, 0.25) is 0 Å². The summed E-state index contributed by atoms with van der Waals surface area (Å²) in [5.74, 6) is -1.20. The Labute approximate surface area is 233 Å². The molecule has 35 heavy (non-hydrogen) atoms. The Morgan fingerprint density at radius 1 is 0.857 bits per heavy atom. The van der Waals surface area contributed by atoms with E-state index in [0.29, 0.717) is 26.7 Å². The van der Waals surface area contributed by atoms with E-state index in [2.05, 4.69) is 47.5 Å². The van der Waals surface area contributed by atoms with Crippen molar-refractivity contribution in [1.82, 2.24) is 8.75 Å². The van der Waals surface area contributed by atoms with Crippen LogP contribution in [0, 0.1) is 11.6 Å². The van der Waals surface area contributed by atoms with E-state index >= 15 is 8.78 Å². The molecule has 0 N–H and O–H groups in total. The number of rotatable bonds is 8. The second-order valence-corrected chi connectivity index (χ2v) is 14.5. The number of fused-ring (bicyclic) bond motifs is 1. The molecule has 1 aliphatic carbocycles. The van der Waals surface area contributed by atoms with Crippen molar-refractivity contribution in [3.63, 3.8) is 0 Å². The predicted molar refractivity (Wildman–Crippen MR) is 153 cm³/mol. The predicted octanol–water partition coefficient (Wildman–Crippen LogP) is 11.1. The standard InChI is InChI=1S/C26H26Br2F2N2S3/c1-2-3-4-6-11-15-12-17(33-25(15)27)19-21(29)22(30)20(24-23(19)31-35-32-24)18-13-16(26(28)34-18)14-9-7-5-8-10-14/h12-14H,2-11H2,1H3. The highest BCUT2D eigenvalue weighted by Gasteiger charge is 2.29. The lowest BCUT2D eigenvalue weighted by Gasteiger charge is -2.21. The molecule has 0 radical (unpaired) electrons. The van der Waals surface area contributed by atoms with Crippen LogP contribution < -0.4 is 0 Å². The zero-order valence-electron chi connectivity index (χ0n) is 19.4. The van der Waals surface area contributed by atoms with Crippen LogP contribution >= 0.6 is 66.3 Å². The molecule has 2 nitrogen and oxygen atoms in total. The van der Waals surface area contributed by atoms with Gasteiger partial charge in [-0.3, -0.25) is 0 Å². The number of nitrogens with zero attached hydrogens (tertiary/aromatic N) is 2. The summed E-state index contributed by atoms with van der Waals surface area (Å²) in [7, 11) is 0. The molecule has 3 aromatic heterocycles. The average Bonchev–Trinajstić information content (AvgIpc) is 3.57. The molecule has 1 fully saturated rings. The number of halogens is 4. The lowest BCUT2D eigenvalue weighted by Crippen LogP contribution is -2.03. The molecule has 9 heteroatoms. The van der Waals surface area contributed by atoms with Crippen molar-refractivity contribution in [1.29, 1.82) is 0 Å². The molecule has 5 rings (SSSR count). The molecule has 0 atom stereocenters. The summed E-state index contributed by atoms with van der Waals surface area (Å²) < 4.78 is 42.4. The van der Waals surface area contributed by atoms with E-state index in [9.17, 15) is 0 Å². The molecule has 186 valence electrons. The summed E-state index contributed by atoms with van der Waals surface area (Å²) in [5, 5.41) is 0. The minimum absolute atomic E-state index is 0.226. The van der Waals surface area contributed by atoms with Crippen LogP contribution in [0.25, 0.3) is 31.9 Å². The minimum Gasteiger partial charge on any atom is -0.203 e. The maximum Gasteiger partial charge on any atom is 0.170 e. The molecule has 1 aliphatic rings. The highest BCUT2D eigenvalue weighted by molar-refractivity contribution is 9.11. The van der Waals surface area contributed by atoms with Crippen molar-refractivity contribution in [3.05, 3.63) is 42.5 Å². The Hall–Kier alpha value is -0.740. The molecular weight excluding hydrogens is 634 g/mol. The Kier molecular flexibility index (Phi) is 8.39. The fourth-order valence-corrected chi connectivity index (χ4v) is 9.38. The van der Waals surface area contributed by atoms with Gasteiger partial charge in [-0.05, 0) is 86.7 Å². The van der Waals surface area contributed by atoms with Gasteiger partial charge in [0.1, 0.15) is 11.0 Å². The van der Waals surface area contributed by atoms with E-state index in [4.69, 9.17) is 0 Å². The van der Waals surface area contributed by atoms with Gasteiger partial charge in [0.25, 0.3) is 0 Å². The Balaban J connectivity index is 1.55. The summed E-state index contributed by atoms with van der Waals surface area (Å²) in [6.07, 6.45) is 11.6. The van der Waals surface area contributed by atoms with E-state index < -0.39 is 11.6 Å². The number of thiophene rings is 2. The maximum absolute atomic E-state index is 15.8. The second-order valence-electron chi connectivity index (χ2n) is 9.23. The first-order chi connectivity index (χ1) is 17.0. The molecule has 1 aromatic carbocycles. The molecule has 0 bridgehead atoms. The highest BCUT2D eigenvalue weighted by Crippen LogP contribution is 2.48. The Morgan fingerprint density at radius 3 is 2.14 bits per heavy atom. The summed E-state index contributed by atoms with van der Waals surface area (Å²) in [5.41, 5.74) is 3.70. The summed E-state index contributed by atoms with van der Waals surface area (Å²) in [4.78, 5) is 1.40. The van der Waals surface area contributed by atoms with E-state index in [1.807, 2.05) is 12.1 Å². The van der Waals surface area contributed by atoms with Crippen LogP contribution in [0.1, 0.15) is 81.8 Å². The number of hydrogen-bond donors (Lipinski definition) is 0. The molecule has 0 aliphatic heterocycles. The zero-order valence-corrected chi connectivity index (χ0v) is 25.1. The van der Waals surface area contributed by atoms with Crippen molar-refractivity contribution in [3.8, 4) is 20.9 Å². The van der Waals surface area contributed by atoms with Crippen LogP contribution in [0.4, 0.5) is 8.78 Å². The van der Waals surface area contributed by atoms with Crippen molar-refractivity contribution in [2.24, 2.45) is 0 Å². The van der Waals surface area contributed by atoms with Gasteiger partial charge < -0.3 is 0 Å². The fraction of sp³-hybridized carbons (Fsp3) is 0.462. The largest absolute Gasteiger partial charge is 0.203 e.